The lowest BCUT2D eigenvalue weighted by atomic mass is 9.84. The Hall–Kier alpha value is -0.530. The average molecular weight is 169 g/mol. The zero-order chi connectivity index (χ0) is 8.97. The van der Waals surface area contributed by atoms with Crippen molar-refractivity contribution in [1.29, 1.82) is 0 Å². The summed E-state index contributed by atoms with van der Waals surface area (Å²) in [6.07, 6.45) is 5.90. The smallest absolute Gasteiger partial charge is 0.225 e. The van der Waals surface area contributed by atoms with Crippen molar-refractivity contribution in [1.82, 2.24) is 5.32 Å². The van der Waals surface area contributed by atoms with E-state index in [0.29, 0.717) is 12.0 Å². The first-order valence-corrected chi connectivity index (χ1v) is 5.10. The quantitative estimate of drug-likeness (QED) is 0.495. The molecule has 0 aromatic rings. The number of rotatable bonds is 5. The molecule has 2 atom stereocenters. The molecule has 12 heavy (non-hydrogen) atoms. The fourth-order valence-electron chi connectivity index (χ4n) is 1.81. The molecule has 1 aliphatic rings. The van der Waals surface area contributed by atoms with Crippen molar-refractivity contribution in [3.8, 4) is 0 Å². The summed E-state index contributed by atoms with van der Waals surface area (Å²) in [7, 11) is 0. The normalized spacial score (nSPS) is 28.0. The highest BCUT2D eigenvalue weighted by Crippen LogP contribution is 2.23. The molecule has 1 saturated heterocycles. The minimum Gasteiger partial charge on any atom is -0.352 e. The Morgan fingerprint density at radius 1 is 1.33 bits per heavy atom. The number of nitrogens with one attached hydrogen (secondary N) is 1. The molecule has 1 N–H and O–H groups in total. The van der Waals surface area contributed by atoms with Crippen LogP contribution < -0.4 is 5.32 Å². The highest BCUT2D eigenvalue weighted by molar-refractivity contribution is 5.85. The van der Waals surface area contributed by atoms with Gasteiger partial charge in [-0.3, -0.25) is 4.79 Å². The van der Waals surface area contributed by atoms with Crippen molar-refractivity contribution in [3.05, 3.63) is 0 Å². The zero-order valence-corrected chi connectivity index (χ0v) is 8.10. The number of carbonyl (C=O) groups excluding carboxylic acids is 1. The average Bonchev–Trinajstić information content (AvgIpc) is 2.08. The van der Waals surface area contributed by atoms with Gasteiger partial charge in [0.2, 0.25) is 5.91 Å². The monoisotopic (exact) mass is 169 g/mol. The zero-order valence-electron chi connectivity index (χ0n) is 8.10. The van der Waals surface area contributed by atoms with Crippen LogP contribution in [0.3, 0.4) is 0 Å². The van der Waals surface area contributed by atoms with E-state index >= 15 is 0 Å². The summed E-state index contributed by atoms with van der Waals surface area (Å²) in [5, 5.41) is 2.93. The molecular formula is C10H19NO. The van der Waals surface area contributed by atoms with Crippen molar-refractivity contribution >= 4 is 5.91 Å². The standard InChI is InChI=1S/C10H19NO/c1-3-5-6-7-8-9(4-2)11-10(8)12/h8-9H,3-7H2,1-2H3,(H,11,12). The summed E-state index contributed by atoms with van der Waals surface area (Å²) in [5.74, 6) is 0.611. The maximum Gasteiger partial charge on any atom is 0.225 e. The van der Waals surface area contributed by atoms with Crippen molar-refractivity contribution in [2.45, 2.75) is 52.0 Å². The molecule has 2 unspecified atom stereocenters. The minimum atomic E-state index is 0.276. The lowest BCUT2D eigenvalue weighted by Crippen LogP contribution is -2.57. The van der Waals surface area contributed by atoms with Crippen LogP contribution in [0.4, 0.5) is 0 Å². The maximum atomic E-state index is 11.1. The van der Waals surface area contributed by atoms with Gasteiger partial charge < -0.3 is 5.32 Å². The Morgan fingerprint density at radius 2 is 2.08 bits per heavy atom. The van der Waals surface area contributed by atoms with Crippen LogP contribution in [0.5, 0.6) is 0 Å². The van der Waals surface area contributed by atoms with Gasteiger partial charge in [0.1, 0.15) is 0 Å². The van der Waals surface area contributed by atoms with Gasteiger partial charge in [-0.2, -0.15) is 0 Å². The number of hydrogen-bond acceptors (Lipinski definition) is 1. The highest BCUT2D eigenvalue weighted by atomic mass is 16.2. The van der Waals surface area contributed by atoms with E-state index in [1.165, 1.54) is 19.3 Å². The van der Waals surface area contributed by atoms with Gasteiger partial charge in [-0.15, -0.1) is 0 Å². The largest absolute Gasteiger partial charge is 0.352 e. The molecule has 0 saturated carbocycles. The second-order valence-electron chi connectivity index (χ2n) is 3.63. The van der Waals surface area contributed by atoms with Gasteiger partial charge in [0, 0.05) is 6.04 Å². The van der Waals surface area contributed by atoms with E-state index in [4.69, 9.17) is 0 Å². The van der Waals surface area contributed by atoms with Gasteiger partial charge in [-0.25, -0.2) is 0 Å². The third-order valence-corrected chi connectivity index (χ3v) is 2.71. The van der Waals surface area contributed by atoms with Crippen molar-refractivity contribution in [2.75, 3.05) is 0 Å². The molecule has 0 spiro atoms. The molecule has 0 bridgehead atoms. The predicted molar refractivity (Wildman–Crippen MR) is 49.9 cm³/mol. The van der Waals surface area contributed by atoms with E-state index in [1.54, 1.807) is 0 Å². The predicted octanol–water partition coefficient (Wildman–Crippen LogP) is 2.09. The summed E-state index contributed by atoms with van der Waals surface area (Å²) in [4.78, 5) is 11.1. The molecule has 0 aromatic heterocycles. The van der Waals surface area contributed by atoms with Crippen molar-refractivity contribution in [2.24, 2.45) is 5.92 Å². The molecule has 0 aliphatic carbocycles. The Kier molecular flexibility index (Phi) is 3.57. The third-order valence-electron chi connectivity index (χ3n) is 2.71. The first-order chi connectivity index (χ1) is 5.79. The SMILES string of the molecule is CCCCCC1C(=O)NC1CC. The van der Waals surface area contributed by atoms with Crippen LogP contribution in [0, 0.1) is 5.92 Å². The Bertz CT molecular complexity index is 156. The van der Waals surface area contributed by atoms with Gasteiger partial charge >= 0.3 is 0 Å². The number of amides is 1. The van der Waals surface area contributed by atoms with E-state index in [2.05, 4.69) is 19.2 Å². The molecule has 70 valence electrons. The van der Waals surface area contributed by atoms with Gasteiger partial charge in [0.15, 0.2) is 0 Å². The van der Waals surface area contributed by atoms with E-state index in [0.717, 1.165) is 12.8 Å². The summed E-state index contributed by atoms with van der Waals surface area (Å²) in [5.41, 5.74) is 0. The summed E-state index contributed by atoms with van der Waals surface area (Å²) in [6.45, 7) is 4.33. The topological polar surface area (TPSA) is 29.1 Å². The van der Waals surface area contributed by atoms with Crippen LogP contribution in [0.2, 0.25) is 0 Å². The van der Waals surface area contributed by atoms with Crippen LogP contribution >= 0.6 is 0 Å². The number of β-lactam (4-membered cyclic amide) rings is 1. The Balaban J connectivity index is 2.16. The van der Waals surface area contributed by atoms with Gasteiger partial charge in [0.25, 0.3) is 0 Å². The molecule has 1 amide bonds. The van der Waals surface area contributed by atoms with Gasteiger partial charge in [-0.05, 0) is 12.8 Å². The second-order valence-corrected chi connectivity index (χ2v) is 3.63. The minimum absolute atomic E-state index is 0.276. The first kappa shape index (κ1) is 9.56. The molecule has 2 nitrogen and oxygen atoms in total. The summed E-state index contributed by atoms with van der Waals surface area (Å²) in [6, 6.07) is 0.481. The maximum absolute atomic E-state index is 11.1. The molecule has 0 aromatic carbocycles. The van der Waals surface area contributed by atoms with Gasteiger partial charge in [-0.1, -0.05) is 33.1 Å². The molecule has 0 radical (unpaired) electrons. The fraction of sp³-hybridized carbons (Fsp3) is 0.900. The van der Waals surface area contributed by atoms with E-state index in [-0.39, 0.29) is 5.91 Å². The Morgan fingerprint density at radius 3 is 2.58 bits per heavy atom. The molecule has 1 rings (SSSR count). The second kappa shape index (κ2) is 4.48. The van der Waals surface area contributed by atoms with Crippen LogP contribution in [0.15, 0.2) is 0 Å². The van der Waals surface area contributed by atoms with Crippen LogP contribution in [0.25, 0.3) is 0 Å². The highest BCUT2D eigenvalue weighted by Gasteiger charge is 2.36. The fourth-order valence-corrected chi connectivity index (χ4v) is 1.81. The van der Waals surface area contributed by atoms with Crippen molar-refractivity contribution < 1.29 is 4.79 Å². The van der Waals surface area contributed by atoms with Gasteiger partial charge in [0.05, 0.1) is 5.92 Å². The van der Waals surface area contributed by atoms with E-state index in [9.17, 15) is 4.79 Å². The number of carbonyl (C=O) groups is 1. The first-order valence-electron chi connectivity index (χ1n) is 5.10. The van der Waals surface area contributed by atoms with Crippen LogP contribution in [-0.2, 0) is 4.79 Å². The lowest BCUT2D eigenvalue weighted by Gasteiger charge is -2.36. The summed E-state index contributed by atoms with van der Waals surface area (Å²) >= 11 is 0. The lowest BCUT2D eigenvalue weighted by molar-refractivity contribution is -0.135. The van der Waals surface area contributed by atoms with Crippen LogP contribution in [0.1, 0.15) is 46.0 Å². The Labute approximate surface area is 74.7 Å². The molecule has 1 heterocycles. The molecule has 1 aliphatic heterocycles. The number of hydrogen-bond donors (Lipinski definition) is 1. The third kappa shape index (κ3) is 1.99. The summed E-state index contributed by atoms with van der Waals surface area (Å²) < 4.78 is 0. The van der Waals surface area contributed by atoms with Crippen LogP contribution in [-0.4, -0.2) is 11.9 Å². The van der Waals surface area contributed by atoms with E-state index in [1.807, 2.05) is 0 Å². The van der Waals surface area contributed by atoms with E-state index < -0.39 is 0 Å². The molecule has 2 heteroatoms. The number of unbranched alkanes of at least 4 members (excludes halogenated alkanes) is 2. The van der Waals surface area contributed by atoms with Crippen molar-refractivity contribution in [3.63, 3.8) is 0 Å². The molecular weight excluding hydrogens is 150 g/mol. The molecule has 1 fully saturated rings.